The minimum atomic E-state index is -0.220. The zero-order valence-corrected chi connectivity index (χ0v) is 19.5. The van der Waals surface area contributed by atoms with Crippen molar-refractivity contribution in [3.8, 4) is 5.75 Å². The summed E-state index contributed by atoms with van der Waals surface area (Å²) in [4.78, 5) is 29.8. The molecule has 0 aromatic heterocycles. The molecule has 2 aliphatic rings. The van der Waals surface area contributed by atoms with Crippen LogP contribution in [0.3, 0.4) is 0 Å². The topological polar surface area (TPSA) is 49.9 Å². The Kier molecular flexibility index (Phi) is 6.37. The Hall–Kier alpha value is -3.57. The van der Waals surface area contributed by atoms with E-state index in [4.69, 9.17) is 16.3 Å². The lowest BCUT2D eigenvalue weighted by Gasteiger charge is -2.30. The molecular formula is C28H25ClN2O3. The summed E-state index contributed by atoms with van der Waals surface area (Å²) in [5, 5.41) is 0.653. The van der Waals surface area contributed by atoms with Crippen molar-refractivity contribution >= 4 is 35.2 Å². The molecule has 3 aromatic rings. The number of nitrogens with zero attached hydrogens (tertiary/aromatic N) is 2. The van der Waals surface area contributed by atoms with Crippen LogP contribution in [0.2, 0.25) is 5.02 Å². The lowest BCUT2D eigenvalue weighted by atomic mass is 10.1. The van der Waals surface area contributed by atoms with E-state index in [1.807, 2.05) is 77.7 Å². The minimum Gasteiger partial charge on any atom is -0.449 e. The lowest BCUT2D eigenvalue weighted by Crippen LogP contribution is -2.36. The Morgan fingerprint density at radius 1 is 0.912 bits per heavy atom. The highest BCUT2D eigenvalue weighted by Gasteiger charge is 2.30. The third-order valence-electron chi connectivity index (χ3n) is 6.18. The van der Waals surface area contributed by atoms with Gasteiger partial charge in [-0.15, -0.1) is 0 Å². The Morgan fingerprint density at radius 3 is 2.35 bits per heavy atom. The molecule has 0 radical (unpaired) electrons. The van der Waals surface area contributed by atoms with E-state index >= 15 is 0 Å². The summed E-state index contributed by atoms with van der Waals surface area (Å²) in [6.07, 6.45) is 5.03. The van der Waals surface area contributed by atoms with E-state index in [9.17, 15) is 9.59 Å². The van der Waals surface area contributed by atoms with Crippen LogP contribution in [0, 0.1) is 0 Å². The number of carbonyl (C=O) groups excluding carboxylic acids is 2. The van der Waals surface area contributed by atoms with Crippen LogP contribution in [0.15, 0.2) is 78.6 Å². The van der Waals surface area contributed by atoms with E-state index < -0.39 is 0 Å². The number of rotatable bonds is 4. The third kappa shape index (κ3) is 4.70. The summed E-state index contributed by atoms with van der Waals surface area (Å²) >= 11 is 6.02. The Bertz CT molecular complexity index is 1230. The number of anilines is 1. The van der Waals surface area contributed by atoms with Crippen molar-refractivity contribution in [3.05, 3.63) is 100 Å². The number of fused-ring (bicyclic) bond motifs is 1. The molecule has 1 saturated heterocycles. The van der Waals surface area contributed by atoms with E-state index in [0.717, 1.165) is 42.7 Å². The van der Waals surface area contributed by atoms with Crippen LogP contribution in [-0.4, -0.2) is 29.8 Å². The van der Waals surface area contributed by atoms with Crippen molar-refractivity contribution in [2.45, 2.75) is 25.8 Å². The van der Waals surface area contributed by atoms with Crippen molar-refractivity contribution in [2.24, 2.45) is 0 Å². The van der Waals surface area contributed by atoms with Gasteiger partial charge in [-0.1, -0.05) is 48.0 Å². The van der Waals surface area contributed by atoms with Gasteiger partial charge in [-0.3, -0.25) is 14.5 Å². The molecule has 0 saturated carbocycles. The van der Waals surface area contributed by atoms with Crippen LogP contribution in [0.1, 0.15) is 40.7 Å². The summed E-state index contributed by atoms with van der Waals surface area (Å²) in [7, 11) is 0. The van der Waals surface area contributed by atoms with Crippen LogP contribution in [0.5, 0.6) is 5.75 Å². The highest BCUT2D eigenvalue weighted by atomic mass is 35.5. The number of carbonyl (C=O) groups is 2. The maximum atomic E-state index is 13.4. The second kappa shape index (κ2) is 9.74. The number of piperidine rings is 1. The molecule has 0 bridgehead atoms. The average Bonchev–Trinajstić information content (AvgIpc) is 2.88. The fourth-order valence-electron chi connectivity index (χ4n) is 4.34. The number of amides is 2. The fourth-order valence-corrected chi connectivity index (χ4v) is 4.47. The first-order valence-corrected chi connectivity index (χ1v) is 11.9. The molecule has 0 atom stereocenters. The molecule has 5 rings (SSSR count). The summed E-state index contributed by atoms with van der Waals surface area (Å²) < 4.78 is 5.98. The van der Waals surface area contributed by atoms with E-state index in [0.29, 0.717) is 22.9 Å². The van der Waals surface area contributed by atoms with Crippen LogP contribution < -0.4 is 9.64 Å². The van der Waals surface area contributed by atoms with Gasteiger partial charge in [-0.2, -0.15) is 0 Å². The highest BCUT2D eigenvalue weighted by molar-refractivity contribution is 6.30. The van der Waals surface area contributed by atoms with Gasteiger partial charge in [0.1, 0.15) is 0 Å². The Morgan fingerprint density at radius 2 is 1.62 bits per heavy atom. The first-order valence-electron chi connectivity index (χ1n) is 11.5. The number of likely N-dealkylation sites (tertiary alicyclic amines) is 1. The van der Waals surface area contributed by atoms with Crippen LogP contribution in [0.4, 0.5) is 5.69 Å². The second-order valence-electron chi connectivity index (χ2n) is 8.57. The first-order chi connectivity index (χ1) is 16.6. The molecule has 6 heteroatoms. The predicted molar refractivity (Wildman–Crippen MR) is 134 cm³/mol. The van der Waals surface area contributed by atoms with E-state index in [1.54, 1.807) is 11.0 Å². The molecular weight excluding hydrogens is 448 g/mol. The number of benzene rings is 3. The van der Waals surface area contributed by atoms with Gasteiger partial charge in [0.05, 0.1) is 12.2 Å². The monoisotopic (exact) mass is 472 g/mol. The van der Waals surface area contributed by atoms with Crippen LogP contribution in [-0.2, 0) is 11.3 Å². The normalized spacial score (nSPS) is 16.9. The van der Waals surface area contributed by atoms with Crippen molar-refractivity contribution in [1.29, 1.82) is 0 Å². The standard InChI is InChI=1S/C28H25ClN2O3/c29-23-14-10-21(11-15-23)19-31-24-6-2-3-7-25(24)34-26(28(31)33)18-20-8-12-22(13-9-20)27(32)30-16-4-1-5-17-30/h2-3,6-15,18H,1,4-5,16-17,19H2/b26-18-. The van der Waals surface area contributed by atoms with Gasteiger partial charge < -0.3 is 9.64 Å². The van der Waals surface area contributed by atoms with E-state index in [2.05, 4.69) is 0 Å². The quantitative estimate of drug-likeness (QED) is 0.442. The largest absolute Gasteiger partial charge is 0.449 e. The number of hydrogen-bond acceptors (Lipinski definition) is 3. The summed E-state index contributed by atoms with van der Waals surface area (Å²) in [6.45, 7) is 2.03. The van der Waals surface area contributed by atoms with Crippen molar-refractivity contribution in [2.75, 3.05) is 18.0 Å². The second-order valence-corrected chi connectivity index (χ2v) is 9.01. The maximum Gasteiger partial charge on any atom is 0.294 e. The summed E-state index contributed by atoms with van der Waals surface area (Å²) in [5.74, 6) is 0.705. The van der Waals surface area contributed by atoms with Gasteiger partial charge in [0, 0.05) is 23.7 Å². The van der Waals surface area contributed by atoms with Crippen molar-refractivity contribution < 1.29 is 14.3 Å². The van der Waals surface area contributed by atoms with Crippen molar-refractivity contribution in [1.82, 2.24) is 4.90 Å². The first kappa shape index (κ1) is 22.2. The zero-order valence-electron chi connectivity index (χ0n) is 18.7. The van der Waals surface area contributed by atoms with E-state index in [-0.39, 0.29) is 17.6 Å². The lowest BCUT2D eigenvalue weighted by molar-refractivity contribution is -0.117. The summed E-state index contributed by atoms with van der Waals surface area (Å²) in [6, 6.07) is 22.3. The molecule has 3 aromatic carbocycles. The Labute approximate surface area is 204 Å². The minimum absolute atomic E-state index is 0.0620. The molecule has 0 unspecified atom stereocenters. The molecule has 0 aliphatic carbocycles. The molecule has 5 nitrogen and oxygen atoms in total. The van der Waals surface area contributed by atoms with Gasteiger partial charge in [-0.25, -0.2) is 0 Å². The predicted octanol–water partition coefficient (Wildman–Crippen LogP) is 5.93. The Balaban J connectivity index is 1.39. The van der Waals surface area contributed by atoms with Gasteiger partial charge >= 0.3 is 0 Å². The van der Waals surface area contributed by atoms with Gasteiger partial charge in [0.15, 0.2) is 11.5 Å². The SMILES string of the molecule is O=C(c1ccc(/C=C2\Oc3ccccc3N(Cc3ccc(Cl)cc3)C2=O)cc1)N1CCCCC1. The summed E-state index contributed by atoms with van der Waals surface area (Å²) in [5.41, 5.74) is 3.15. The molecule has 34 heavy (non-hydrogen) atoms. The molecule has 2 amide bonds. The van der Waals surface area contributed by atoms with Gasteiger partial charge in [0.2, 0.25) is 0 Å². The molecule has 2 aliphatic heterocycles. The molecule has 2 heterocycles. The zero-order chi connectivity index (χ0) is 23.5. The van der Waals surface area contributed by atoms with Gasteiger partial charge in [0.25, 0.3) is 11.8 Å². The number of halogens is 1. The van der Waals surface area contributed by atoms with Crippen LogP contribution in [0.25, 0.3) is 6.08 Å². The molecule has 0 N–H and O–H groups in total. The van der Waals surface area contributed by atoms with Gasteiger partial charge in [-0.05, 0) is 72.9 Å². The molecule has 0 spiro atoms. The number of ether oxygens (including phenoxy) is 1. The third-order valence-corrected chi connectivity index (χ3v) is 6.44. The van der Waals surface area contributed by atoms with E-state index in [1.165, 1.54) is 6.42 Å². The smallest absolute Gasteiger partial charge is 0.294 e. The maximum absolute atomic E-state index is 13.4. The molecule has 1 fully saturated rings. The average molecular weight is 473 g/mol. The molecule has 172 valence electrons. The highest BCUT2D eigenvalue weighted by Crippen LogP contribution is 2.36. The number of hydrogen-bond donors (Lipinski definition) is 0. The number of para-hydroxylation sites is 2. The van der Waals surface area contributed by atoms with Crippen LogP contribution >= 0.6 is 11.6 Å². The fraction of sp³-hybridized carbons (Fsp3) is 0.214. The van der Waals surface area contributed by atoms with Crippen molar-refractivity contribution in [3.63, 3.8) is 0 Å².